The van der Waals surface area contributed by atoms with Crippen molar-refractivity contribution in [1.82, 2.24) is 9.97 Å². The van der Waals surface area contributed by atoms with E-state index in [1.165, 1.54) is 24.8 Å². The molecule has 144 valence electrons. The van der Waals surface area contributed by atoms with Crippen molar-refractivity contribution in [3.05, 3.63) is 23.5 Å². The van der Waals surface area contributed by atoms with Crippen molar-refractivity contribution in [2.45, 2.75) is 32.8 Å². The number of anilines is 2. The number of fused-ring (bicyclic) bond motifs is 1. The Morgan fingerprint density at radius 3 is 2.74 bits per heavy atom. The predicted octanol–water partition coefficient (Wildman–Crippen LogP) is 3.55. The van der Waals surface area contributed by atoms with E-state index in [2.05, 4.69) is 15.3 Å². The summed E-state index contributed by atoms with van der Waals surface area (Å²) in [5.74, 6) is -0.463. The largest absolute Gasteiger partial charge is 0.465 e. The van der Waals surface area contributed by atoms with Crippen LogP contribution in [0.15, 0.2) is 18.6 Å². The lowest BCUT2D eigenvalue weighted by Gasteiger charge is -2.27. The zero-order chi connectivity index (χ0) is 19.6. The first kappa shape index (κ1) is 19.1. The number of nitrogens with zero attached hydrogens (tertiary/aromatic N) is 3. The molecule has 0 saturated carbocycles. The lowest BCUT2D eigenvalue weighted by Crippen LogP contribution is -2.37. The molecule has 2 aromatic rings. The summed E-state index contributed by atoms with van der Waals surface area (Å²) in [4.78, 5) is 36.1. The summed E-state index contributed by atoms with van der Waals surface area (Å²) in [6.07, 6.45) is 3.30. The zero-order valence-electron chi connectivity index (χ0n) is 15.7. The van der Waals surface area contributed by atoms with Gasteiger partial charge in [0.05, 0.1) is 29.1 Å². The number of amides is 1. The Labute approximate surface area is 161 Å². The molecule has 0 bridgehead atoms. The molecule has 1 amide bonds. The number of hydrogen-bond donors (Lipinski definition) is 1. The fourth-order valence-electron chi connectivity index (χ4n) is 2.74. The van der Waals surface area contributed by atoms with E-state index in [9.17, 15) is 9.59 Å². The second-order valence-electron chi connectivity index (χ2n) is 6.98. The van der Waals surface area contributed by atoms with Crippen molar-refractivity contribution in [3.8, 4) is 10.6 Å². The molecule has 8 nitrogen and oxygen atoms in total. The van der Waals surface area contributed by atoms with Crippen molar-refractivity contribution in [2.24, 2.45) is 0 Å². The number of carbonyl (C=O) groups excluding carboxylic acids is 2. The first-order valence-corrected chi connectivity index (χ1v) is 9.39. The highest BCUT2D eigenvalue weighted by Crippen LogP contribution is 2.47. The molecule has 0 aromatic carbocycles. The van der Waals surface area contributed by atoms with Crippen LogP contribution in [0.25, 0.3) is 10.6 Å². The molecule has 0 unspecified atom stereocenters. The number of esters is 1. The van der Waals surface area contributed by atoms with Gasteiger partial charge in [-0.3, -0.25) is 4.90 Å². The second-order valence-corrected chi connectivity index (χ2v) is 8.00. The molecule has 3 heterocycles. The van der Waals surface area contributed by atoms with Gasteiger partial charge in [-0.1, -0.05) is 0 Å². The van der Waals surface area contributed by atoms with E-state index in [1.807, 2.05) is 20.8 Å². The maximum atomic E-state index is 12.9. The normalized spacial score (nSPS) is 14.0. The lowest BCUT2D eigenvalue weighted by molar-refractivity contribution is 0.0576. The van der Waals surface area contributed by atoms with E-state index in [4.69, 9.17) is 9.47 Å². The highest BCUT2D eigenvalue weighted by molar-refractivity contribution is 7.18. The average molecular weight is 390 g/mol. The number of hydrogen-bond acceptors (Lipinski definition) is 8. The van der Waals surface area contributed by atoms with Gasteiger partial charge in [0.15, 0.2) is 0 Å². The highest BCUT2D eigenvalue weighted by Gasteiger charge is 2.34. The standard InChI is InChI=1S/C18H22N4O4S/c1-18(2,3)26-17(24)22-9-5-7-20-12-13(22)14(11-6-8-19-10-21-11)27-15(12)16(23)25-4/h6,8,10,20H,5,7,9H2,1-4H3. The molecule has 0 spiro atoms. The summed E-state index contributed by atoms with van der Waals surface area (Å²) in [5.41, 5.74) is 1.15. The number of methoxy groups -OCH3 is 1. The smallest absolute Gasteiger partial charge is 0.414 e. The fraction of sp³-hybridized carbons (Fsp3) is 0.444. The molecule has 1 N–H and O–H groups in total. The Balaban J connectivity index is 2.17. The molecule has 0 aliphatic carbocycles. The predicted molar refractivity (Wildman–Crippen MR) is 103 cm³/mol. The van der Waals surface area contributed by atoms with E-state index in [0.717, 1.165) is 0 Å². The van der Waals surface area contributed by atoms with E-state index in [1.54, 1.807) is 17.2 Å². The van der Waals surface area contributed by atoms with E-state index in [-0.39, 0.29) is 0 Å². The Kier molecular flexibility index (Phi) is 5.31. The number of thiophene rings is 1. The number of nitrogens with one attached hydrogen (secondary N) is 1. The van der Waals surface area contributed by atoms with Gasteiger partial charge in [-0.05, 0) is 33.3 Å². The Morgan fingerprint density at radius 1 is 1.33 bits per heavy atom. The molecular weight excluding hydrogens is 368 g/mol. The molecule has 27 heavy (non-hydrogen) atoms. The molecule has 1 aliphatic heterocycles. The Morgan fingerprint density at radius 2 is 2.11 bits per heavy atom. The van der Waals surface area contributed by atoms with Crippen LogP contribution in [0.1, 0.15) is 36.9 Å². The minimum absolute atomic E-state index is 0.400. The number of carbonyl (C=O) groups is 2. The summed E-state index contributed by atoms with van der Waals surface area (Å²) in [6, 6.07) is 1.74. The maximum absolute atomic E-state index is 12.9. The van der Waals surface area contributed by atoms with E-state index in [0.29, 0.717) is 46.3 Å². The van der Waals surface area contributed by atoms with Crippen LogP contribution in [0.5, 0.6) is 0 Å². The average Bonchev–Trinajstić information content (AvgIpc) is 2.85. The van der Waals surface area contributed by atoms with Crippen LogP contribution in [0, 0.1) is 0 Å². The van der Waals surface area contributed by atoms with Crippen molar-refractivity contribution in [2.75, 3.05) is 30.4 Å². The molecule has 0 atom stereocenters. The summed E-state index contributed by atoms with van der Waals surface area (Å²) in [7, 11) is 1.33. The van der Waals surface area contributed by atoms with Crippen LogP contribution >= 0.6 is 11.3 Å². The van der Waals surface area contributed by atoms with Crippen molar-refractivity contribution in [1.29, 1.82) is 0 Å². The summed E-state index contributed by atoms with van der Waals surface area (Å²) in [6.45, 7) is 6.54. The maximum Gasteiger partial charge on any atom is 0.414 e. The van der Waals surface area contributed by atoms with Crippen LogP contribution in [-0.4, -0.2) is 47.8 Å². The van der Waals surface area contributed by atoms with Crippen LogP contribution in [0.2, 0.25) is 0 Å². The van der Waals surface area contributed by atoms with Gasteiger partial charge in [0.25, 0.3) is 0 Å². The molecule has 9 heteroatoms. The van der Waals surface area contributed by atoms with Gasteiger partial charge < -0.3 is 14.8 Å². The van der Waals surface area contributed by atoms with Gasteiger partial charge >= 0.3 is 12.1 Å². The van der Waals surface area contributed by atoms with E-state index >= 15 is 0 Å². The number of rotatable bonds is 2. The quantitative estimate of drug-likeness (QED) is 0.784. The summed E-state index contributed by atoms with van der Waals surface area (Å²) in [5, 5.41) is 3.26. The minimum atomic E-state index is -0.632. The van der Waals surface area contributed by atoms with Gasteiger partial charge in [-0.25, -0.2) is 19.6 Å². The topological polar surface area (TPSA) is 93.6 Å². The van der Waals surface area contributed by atoms with Gasteiger partial charge in [0.2, 0.25) is 0 Å². The summed E-state index contributed by atoms with van der Waals surface area (Å²) >= 11 is 1.23. The van der Waals surface area contributed by atoms with Crippen LogP contribution in [0.3, 0.4) is 0 Å². The van der Waals surface area contributed by atoms with Gasteiger partial charge in [-0.2, -0.15) is 0 Å². The zero-order valence-corrected chi connectivity index (χ0v) is 16.6. The van der Waals surface area contributed by atoms with Crippen molar-refractivity contribution < 1.29 is 19.1 Å². The molecule has 2 aromatic heterocycles. The fourth-order valence-corrected chi connectivity index (χ4v) is 3.92. The Bertz CT molecular complexity index is 845. The van der Waals surface area contributed by atoms with E-state index < -0.39 is 17.7 Å². The molecular formula is C18H22N4O4S. The van der Waals surface area contributed by atoms with Crippen LogP contribution < -0.4 is 10.2 Å². The second kappa shape index (κ2) is 7.51. The first-order valence-electron chi connectivity index (χ1n) is 8.57. The number of aromatic nitrogens is 2. The third kappa shape index (κ3) is 4.02. The summed E-state index contributed by atoms with van der Waals surface area (Å²) < 4.78 is 10.5. The minimum Gasteiger partial charge on any atom is -0.465 e. The van der Waals surface area contributed by atoms with Gasteiger partial charge in [-0.15, -0.1) is 11.3 Å². The molecule has 0 radical (unpaired) electrons. The first-order chi connectivity index (χ1) is 12.8. The van der Waals surface area contributed by atoms with Gasteiger partial charge in [0.1, 0.15) is 16.8 Å². The third-order valence-electron chi connectivity index (χ3n) is 3.81. The van der Waals surface area contributed by atoms with Crippen molar-refractivity contribution in [3.63, 3.8) is 0 Å². The monoisotopic (exact) mass is 390 g/mol. The van der Waals surface area contributed by atoms with Crippen LogP contribution in [0.4, 0.5) is 16.2 Å². The highest BCUT2D eigenvalue weighted by atomic mass is 32.1. The lowest BCUT2D eigenvalue weighted by atomic mass is 10.2. The van der Waals surface area contributed by atoms with Gasteiger partial charge in [0, 0.05) is 19.3 Å². The molecule has 0 fully saturated rings. The van der Waals surface area contributed by atoms with Crippen LogP contribution in [-0.2, 0) is 9.47 Å². The number of ether oxygens (including phenoxy) is 2. The SMILES string of the molecule is COC(=O)c1sc(-c2ccncn2)c2c1NCCCN2C(=O)OC(C)(C)C. The Hall–Kier alpha value is -2.68. The third-order valence-corrected chi connectivity index (χ3v) is 4.99. The van der Waals surface area contributed by atoms with Crippen molar-refractivity contribution >= 4 is 34.8 Å². The molecule has 3 rings (SSSR count). The molecule has 1 aliphatic rings. The molecule has 0 saturated heterocycles.